The van der Waals surface area contributed by atoms with Crippen LogP contribution in [0.2, 0.25) is 0 Å². The summed E-state index contributed by atoms with van der Waals surface area (Å²) in [5.74, 6) is -0.555. The lowest BCUT2D eigenvalue weighted by atomic mass is 9.97. The molecule has 0 saturated heterocycles. The number of nitrogens with one attached hydrogen (secondary N) is 1. The first-order valence-corrected chi connectivity index (χ1v) is 16.0. The highest BCUT2D eigenvalue weighted by molar-refractivity contribution is 5.85. The minimum atomic E-state index is -1.22. The van der Waals surface area contributed by atoms with E-state index in [1.54, 1.807) is 11.8 Å². The van der Waals surface area contributed by atoms with Crippen molar-refractivity contribution in [3.63, 3.8) is 0 Å². The summed E-state index contributed by atoms with van der Waals surface area (Å²) in [5.41, 5.74) is 3.57. The molecule has 3 aromatic rings. The molecule has 1 aromatic heterocycles. The Kier molecular flexibility index (Phi) is 14.8. The monoisotopic (exact) mass is 650 g/mol. The van der Waals surface area contributed by atoms with Gasteiger partial charge in [-0.15, -0.1) is 10.3 Å². The number of rotatable bonds is 19. The van der Waals surface area contributed by atoms with Crippen molar-refractivity contribution in [2.75, 3.05) is 6.61 Å². The van der Waals surface area contributed by atoms with Gasteiger partial charge in [0.1, 0.15) is 18.8 Å². The summed E-state index contributed by atoms with van der Waals surface area (Å²) in [6, 6.07) is 14.6. The number of unbranched alkanes of at least 4 members (excludes halogenated alkanes) is 2. The number of hydrogen-bond acceptors (Lipinski definition) is 11. The molecule has 1 unspecified atom stereocenters. The van der Waals surface area contributed by atoms with E-state index in [1.165, 1.54) is 6.92 Å². The van der Waals surface area contributed by atoms with E-state index >= 15 is 0 Å². The largest absolute Gasteiger partial charge is 0.511 e. The normalized spacial score (nSPS) is 12.9. The van der Waals surface area contributed by atoms with Crippen molar-refractivity contribution in [1.82, 2.24) is 25.5 Å². The van der Waals surface area contributed by atoms with Crippen LogP contribution in [-0.4, -0.2) is 75.3 Å². The van der Waals surface area contributed by atoms with Crippen LogP contribution in [0.25, 0.3) is 22.5 Å². The second kappa shape index (κ2) is 19.0. The molecule has 0 fully saturated rings. The van der Waals surface area contributed by atoms with Gasteiger partial charge in [-0.2, -0.15) is 0 Å². The van der Waals surface area contributed by atoms with Crippen LogP contribution in [0.4, 0.5) is 4.79 Å². The summed E-state index contributed by atoms with van der Waals surface area (Å²) in [6.07, 6.45) is 1.32. The highest BCUT2D eigenvalue weighted by Crippen LogP contribution is 2.30. The maximum atomic E-state index is 13.5. The first-order valence-electron chi connectivity index (χ1n) is 16.0. The van der Waals surface area contributed by atoms with Gasteiger partial charge in [-0.3, -0.25) is 4.79 Å². The number of benzene rings is 2. The first-order chi connectivity index (χ1) is 22.6. The summed E-state index contributed by atoms with van der Waals surface area (Å²) < 4.78 is 16.0. The summed E-state index contributed by atoms with van der Waals surface area (Å²) in [4.78, 5) is 45.8. The van der Waals surface area contributed by atoms with Crippen LogP contribution in [0.1, 0.15) is 78.7 Å². The minimum Gasteiger partial charge on any atom is -0.431 e. The molecular formula is C34H46N6O7. The number of H-pyrrole nitrogens is 1. The van der Waals surface area contributed by atoms with Gasteiger partial charge < -0.3 is 23.9 Å². The summed E-state index contributed by atoms with van der Waals surface area (Å²) >= 11 is 0. The van der Waals surface area contributed by atoms with Gasteiger partial charge in [0.05, 0.1) is 0 Å². The Balaban J connectivity index is 1.70. The van der Waals surface area contributed by atoms with Gasteiger partial charge in [-0.1, -0.05) is 75.7 Å². The minimum absolute atomic E-state index is 0.161. The van der Waals surface area contributed by atoms with Crippen molar-refractivity contribution >= 4 is 24.7 Å². The zero-order chi connectivity index (χ0) is 34.2. The Morgan fingerprint density at radius 3 is 2.30 bits per heavy atom. The summed E-state index contributed by atoms with van der Waals surface area (Å²) in [6.45, 7) is 12.8. The number of ether oxygens (including phenoxy) is 3. The maximum absolute atomic E-state index is 13.5. The van der Waals surface area contributed by atoms with Crippen LogP contribution in [-0.2, 0) is 35.2 Å². The van der Waals surface area contributed by atoms with Crippen molar-refractivity contribution in [2.24, 2.45) is 11.1 Å². The van der Waals surface area contributed by atoms with E-state index in [1.807, 2.05) is 69.3 Å². The lowest BCUT2D eigenvalue weighted by Gasteiger charge is -2.33. The quantitative estimate of drug-likeness (QED) is 0.0512. The van der Waals surface area contributed by atoms with Crippen LogP contribution >= 0.6 is 0 Å². The van der Waals surface area contributed by atoms with Gasteiger partial charge >= 0.3 is 12.1 Å². The highest BCUT2D eigenvalue weighted by atomic mass is 16.8. The molecule has 1 heterocycles. The lowest BCUT2D eigenvalue weighted by Crippen LogP contribution is -2.49. The van der Waals surface area contributed by atoms with E-state index in [-0.39, 0.29) is 24.8 Å². The average Bonchev–Trinajstić information content (AvgIpc) is 3.58. The summed E-state index contributed by atoms with van der Waals surface area (Å²) in [5, 5.41) is 17.6. The van der Waals surface area contributed by atoms with Crippen LogP contribution in [0, 0.1) is 5.92 Å². The van der Waals surface area contributed by atoms with Crippen LogP contribution < -0.4 is 0 Å². The molecule has 0 bridgehead atoms. The molecular weight excluding hydrogens is 604 g/mol. The summed E-state index contributed by atoms with van der Waals surface area (Å²) in [7, 11) is 0. The number of esters is 1. The predicted octanol–water partition coefficient (Wildman–Crippen LogP) is 6.31. The molecule has 3 atom stereocenters. The Morgan fingerprint density at radius 1 is 0.936 bits per heavy atom. The molecule has 0 aliphatic rings. The number of hydrogen-bond donors (Lipinski definition) is 1. The number of nitrogens with zero attached hydrogens (tertiary/aromatic N) is 5. The zero-order valence-corrected chi connectivity index (χ0v) is 27.9. The van der Waals surface area contributed by atoms with Crippen molar-refractivity contribution in [3.8, 4) is 22.5 Å². The van der Waals surface area contributed by atoms with E-state index in [9.17, 15) is 14.4 Å². The number of carbonyl (C=O) groups is 3. The van der Waals surface area contributed by atoms with Gasteiger partial charge in [0.25, 0.3) is 0 Å². The Hall–Kier alpha value is -4.81. The molecule has 254 valence electrons. The van der Waals surface area contributed by atoms with Gasteiger partial charge in [-0.25, -0.2) is 14.7 Å². The fraction of sp³-hybridized carbons (Fsp3) is 0.500. The number of carbonyl (C=O) groups excluding carboxylic acids is 3. The van der Waals surface area contributed by atoms with E-state index in [0.29, 0.717) is 25.3 Å². The number of aromatic nitrogens is 4. The van der Waals surface area contributed by atoms with Crippen LogP contribution in [0.3, 0.4) is 0 Å². The van der Waals surface area contributed by atoms with Gasteiger partial charge in [0.2, 0.25) is 12.2 Å². The number of aromatic amines is 1. The molecule has 3 rings (SSSR count). The first kappa shape index (κ1) is 36.7. The molecule has 0 aliphatic heterocycles. The van der Waals surface area contributed by atoms with E-state index in [0.717, 1.165) is 41.5 Å². The van der Waals surface area contributed by atoms with E-state index < -0.39 is 30.6 Å². The molecule has 13 heteroatoms. The fourth-order valence-electron chi connectivity index (χ4n) is 5.08. The Labute approximate surface area is 276 Å². The molecule has 1 N–H and O–H groups in total. The fourth-order valence-corrected chi connectivity index (χ4v) is 5.08. The number of tetrazole rings is 1. The average molecular weight is 651 g/mol. The van der Waals surface area contributed by atoms with Crippen molar-refractivity contribution < 1.29 is 33.4 Å². The second-order valence-corrected chi connectivity index (χ2v) is 11.6. The van der Waals surface area contributed by atoms with E-state index in [4.69, 9.17) is 19.0 Å². The van der Waals surface area contributed by atoms with Crippen molar-refractivity contribution in [1.29, 1.82) is 0 Å². The smallest absolute Gasteiger partial charge is 0.431 e. The standard InChI is InChI=1S/C34H46N6O7/c1-7-8-16-30(41)40(22-26-17-19-27(20-18-26)28-14-9-10-15-29(28)32-36-38-39-37-32)31(23(2)3)33(42)46-25(5)47-34(43)45-24(4)13-11-12-21-44-35-6/h9-10,14-15,17-20,23-25,31H,6-8,11-13,16,21-22H2,1-5H3,(H,36,37,38,39)/t24-,25?,31-/m0/s1. The highest BCUT2D eigenvalue weighted by Gasteiger charge is 2.35. The molecule has 0 aliphatic carbocycles. The van der Waals surface area contributed by atoms with Crippen molar-refractivity contribution in [3.05, 3.63) is 54.1 Å². The van der Waals surface area contributed by atoms with E-state index in [2.05, 4.69) is 32.5 Å². The number of amides is 1. The molecule has 47 heavy (non-hydrogen) atoms. The third-order valence-corrected chi connectivity index (χ3v) is 7.45. The molecule has 13 nitrogen and oxygen atoms in total. The molecule has 1 amide bonds. The molecule has 2 aromatic carbocycles. The maximum Gasteiger partial charge on any atom is 0.511 e. The third-order valence-electron chi connectivity index (χ3n) is 7.45. The molecule has 0 radical (unpaired) electrons. The number of oxime groups is 1. The van der Waals surface area contributed by atoms with Gasteiger partial charge in [-0.05, 0) is 65.6 Å². The Morgan fingerprint density at radius 2 is 1.66 bits per heavy atom. The van der Waals surface area contributed by atoms with Crippen LogP contribution in [0.5, 0.6) is 0 Å². The zero-order valence-electron chi connectivity index (χ0n) is 27.9. The second-order valence-electron chi connectivity index (χ2n) is 11.6. The predicted molar refractivity (Wildman–Crippen MR) is 176 cm³/mol. The van der Waals surface area contributed by atoms with Crippen molar-refractivity contribution in [2.45, 2.75) is 98.1 Å². The van der Waals surface area contributed by atoms with Gasteiger partial charge in [0.15, 0.2) is 5.82 Å². The lowest BCUT2D eigenvalue weighted by molar-refractivity contribution is -0.179. The third kappa shape index (κ3) is 11.5. The molecule has 0 saturated carbocycles. The Bertz CT molecular complexity index is 1410. The SMILES string of the molecule is C=NOCCCC[C@H](C)OC(=O)OC(C)OC(=O)[C@H](C(C)C)N(Cc1ccc(-c2ccccc2-c2nnn[nH]2)cc1)C(=O)CCCC. The topological polar surface area (TPSA) is 158 Å². The molecule has 0 spiro atoms. The van der Waals surface area contributed by atoms with Gasteiger partial charge in [0, 0.05) is 32.2 Å². The van der Waals surface area contributed by atoms with Crippen LogP contribution in [0.15, 0.2) is 53.7 Å².